The molecule has 0 aliphatic heterocycles. The Labute approximate surface area is 181 Å². The zero-order valence-electron chi connectivity index (χ0n) is 16.6. The molecule has 1 aliphatic carbocycles. The van der Waals surface area contributed by atoms with E-state index in [0.717, 1.165) is 29.9 Å². The van der Waals surface area contributed by atoms with Crippen LogP contribution in [0.5, 0.6) is 0 Å². The van der Waals surface area contributed by atoms with Gasteiger partial charge in [0.25, 0.3) is 5.91 Å². The third kappa shape index (κ3) is 5.63. The predicted molar refractivity (Wildman–Crippen MR) is 111 cm³/mol. The second kappa shape index (κ2) is 9.80. The molecule has 1 saturated carbocycles. The molecule has 1 atom stereocenters. The van der Waals surface area contributed by atoms with E-state index in [1.807, 2.05) is 0 Å². The molecule has 31 heavy (non-hydrogen) atoms. The summed E-state index contributed by atoms with van der Waals surface area (Å²) in [6.07, 6.45) is -1.75. The molecule has 6 nitrogen and oxygen atoms in total. The molecule has 10 heteroatoms. The third-order valence-electron chi connectivity index (χ3n) is 5.29. The Balaban J connectivity index is 1.98. The fourth-order valence-corrected chi connectivity index (χ4v) is 4.52. The first-order valence-electron chi connectivity index (χ1n) is 9.90. The fourth-order valence-electron chi connectivity index (χ4n) is 3.71. The molecule has 1 fully saturated rings. The first kappa shape index (κ1) is 23.2. The van der Waals surface area contributed by atoms with E-state index in [-0.39, 0.29) is 17.8 Å². The van der Waals surface area contributed by atoms with Crippen LogP contribution in [0.25, 0.3) is 0 Å². The lowest BCUT2D eigenvalue weighted by atomic mass is 9.91. The van der Waals surface area contributed by atoms with Gasteiger partial charge in [-0.15, -0.1) is 11.3 Å². The van der Waals surface area contributed by atoms with Crippen LogP contribution < -0.4 is 16.0 Å². The minimum Gasteiger partial charge on any atom is -0.387 e. The summed E-state index contributed by atoms with van der Waals surface area (Å²) in [7, 11) is 0. The monoisotopic (exact) mass is 455 g/mol. The Morgan fingerprint density at radius 1 is 1.19 bits per heavy atom. The molecule has 1 heterocycles. The Morgan fingerprint density at radius 3 is 2.48 bits per heavy atom. The van der Waals surface area contributed by atoms with Crippen molar-refractivity contribution in [1.82, 2.24) is 5.32 Å². The van der Waals surface area contributed by atoms with E-state index in [4.69, 9.17) is 5.73 Å². The number of rotatable bonds is 6. The maximum atomic E-state index is 13.3. The topological polar surface area (TPSA) is 95.7 Å². The quantitative estimate of drug-likeness (QED) is 0.623. The number of hydrogen-bond acceptors (Lipinski definition) is 5. The van der Waals surface area contributed by atoms with Crippen molar-refractivity contribution in [2.75, 3.05) is 11.5 Å². The maximum absolute atomic E-state index is 13.3. The fraction of sp³-hybridized carbons (Fsp3) is 0.429. The van der Waals surface area contributed by atoms with Crippen LogP contribution in [0.2, 0.25) is 0 Å². The van der Waals surface area contributed by atoms with E-state index in [9.17, 15) is 27.9 Å². The van der Waals surface area contributed by atoms with Crippen molar-refractivity contribution >= 4 is 28.8 Å². The first-order valence-corrected chi connectivity index (χ1v) is 10.8. The normalized spacial score (nSPS) is 20.2. The number of carbonyl (C=O) groups is 2. The van der Waals surface area contributed by atoms with Crippen molar-refractivity contribution in [2.24, 2.45) is 5.73 Å². The average Bonchev–Trinajstić information content (AvgIpc) is 3.26. The number of aliphatic hydroxyl groups is 1. The van der Waals surface area contributed by atoms with Gasteiger partial charge in [0.15, 0.2) is 0 Å². The highest BCUT2D eigenvalue weighted by atomic mass is 32.1. The van der Waals surface area contributed by atoms with Gasteiger partial charge in [-0.25, -0.2) is 0 Å². The number of carbonyl (C=O) groups excluding carboxylic acids is 2. The zero-order chi connectivity index (χ0) is 22.6. The minimum absolute atomic E-state index is 0.0822. The summed E-state index contributed by atoms with van der Waals surface area (Å²) in [6, 6.07) is 6.24. The van der Waals surface area contributed by atoms with Gasteiger partial charge in [0.05, 0.1) is 5.56 Å². The lowest BCUT2D eigenvalue weighted by Gasteiger charge is -2.33. The molecule has 1 aliphatic rings. The minimum atomic E-state index is -4.62. The number of hydrogen-bond donors (Lipinski definition) is 3. The van der Waals surface area contributed by atoms with Crippen molar-refractivity contribution in [2.45, 2.75) is 50.0 Å². The standard InChI is InChI=1S/C21H24F3N3O3S/c22-21(23,24)13-3-1-4-16(11-13)27(18(29)12-28)19(17-5-2-10-31-17)20(30)26-15-8-6-14(25)7-9-15/h1-5,10-11,14-15,19,28H,6-9,12,25H2,(H,26,30). The number of nitrogens with two attached hydrogens (primary N) is 1. The number of amides is 2. The summed E-state index contributed by atoms with van der Waals surface area (Å²) < 4.78 is 39.7. The van der Waals surface area contributed by atoms with Crippen LogP contribution in [0, 0.1) is 0 Å². The summed E-state index contributed by atoms with van der Waals surface area (Å²) in [6.45, 7) is -0.955. The van der Waals surface area contributed by atoms with Crippen molar-refractivity contribution in [1.29, 1.82) is 0 Å². The molecule has 168 valence electrons. The molecule has 2 aromatic rings. The van der Waals surface area contributed by atoms with Gasteiger partial charge in [-0.05, 0) is 55.3 Å². The molecule has 1 aromatic heterocycles. The lowest BCUT2D eigenvalue weighted by molar-refractivity contribution is -0.137. The molecule has 4 N–H and O–H groups in total. The molecular formula is C21H24F3N3O3S. The Morgan fingerprint density at radius 2 is 1.90 bits per heavy atom. The van der Waals surface area contributed by atoms with Gasteiger partial charge in [-0.2, -0.15) is 13.2 Å². The van der Waals surface area contributed by atoms with Gasteiger partial charge in [0.1, 0.15) is 12.6 Å². The highest BCUT2D eigenvalue weighted by Crippen LogP contribution is 2.35. The van der Waals surface area contributed by atoms with Crippen LogP contribution in [0.3, 0.4) is 0 Å². The number of aliphatic hydroxyl groups excluding tert-OH is 1. The molecule has 0 spiro atoms. The van der Waals surface area contributed by atoms with Gasteiger partial charge in [0.2, 0.25) is 5.91 Å². The van der Waals surface area contributed by atoms with Gasteiger partial charge in [-0.1, -0.05) is 12.1 Å². The number of thiophene rings is 1. The van der Waals surface area contributed by atoms with Gasteiger partial charge < -0.3 is 16.2 Å². The largest absolute Gasteiger partial charge is 0.416 e. The van der Waals surface area contributed by atoms with Crippen LogP contribution in [0.1, 0.15) is 42.2 Å². The van der Waals surface area contributed by atoms with Gasteiger partial charge >= 0.3 is 6.18 Å². The van der Waals surface area contributed by atoms with Crippen molar-refractivity contribution < 1.29 is 27.9 Å². The number of benzene rings is 1. The van der Waals surface area contributed by atoms with Crippen molar-refractivity contribution in [3.8, 4) is 0 Å². The Hall–Kier alpha value is -2.43. The second-order valence-corrected chi connectivity index (χ2v) is 8.49. The van der Waals surface area contributed by atoms with E-state index in [1.165, 1.54) is 23.5 Å². The van der Waals surface area contributed by atoms with Crippen molar-refractivity contribution in [3.05, 3.63) is 52.2 Å². The number of halogens is 3. The van der Waals surface area contributed by atoms with Crippen LogP contribution in [-0.4, -0.2) is 35.6 Å². The van der Waals surface area contributed by atoms with Gasteiger partial charge in [0, 0.05) is 22.6 Å². The predicted octanol–water partition coefficient (Wildman–Crippen LogP) is 3.22. The molecule has 3 rings (SSSR count). The number of nitrogens with one attached hydrogen (secondary N) is 1. The molecular weight excluding hydrogens is 431 g/mol. The summed E-state index contributed by atoms with van der Waals surface area (Å²) in [5, 5.41) is 14.1. The molecule has 2 amide bonds. The van der Waals surface area contributed by atoms with Crippen LogP contribution >= 0.6 is 11.3 Å². The van der Waals surface area contributed by atoms with E-state index in [0.29, 0.717) is 17.7 Å². The second-order valence-electron chi connectivity index (χ2n) is 7.51. The summed E-state index contributed by atoms with van der Waals surface area (Å²) >= 11 is 1.20. The lowest BCUT2D eigenvalue weighted by Crippen LogP contribution is -2.48. The number of anilines is 1. The summed E-state index contributed by atoms with van der Waals surface area (Å²) in [5.41, 5.74) is 4.84. The Kier molecular flexibility index (Phi) is 7.34. The van der Waals surface area contributed by atoms with E-state index >= 15 is 0 Å². The van der Waals surface area contributed by atoms with Crippen molar-refractivity contribution in [3.63, 3.8) is 0 Å². The third-order valence-corrected chi connectivity index (χ3v) is 6.22. The maximum Gasteiger partial charge on any atom is 0.416 e. The van der Waals surface area contributed by atoms with E-state index < -0.39 is 36.2 Å². The van der Waals surface area contributed by atoms with E-state index in [2.05, 4.69) is 5.32 Å². The van der Waals surface area contributed by atoms with Crippen LogP contribution in [-0.2, 0) is 15.8 Å². The number of alkyl halides is 3. The Bertz CT molecular complexity index is 897. The highest BCUT2D eigenvalue weighted by molar-refractivity contribution is 7.10. The molecule has 0 radical (unpaired) electrons. The van der Waals surface area contributed by atoms with Crippen LogP contribution in [0.4, 0.5) is 18.9 Å². The highest BCUT2D eigenvalue weighted by Gasteiger charge is 2.36. The summed E-state index contributed by atoms with van der Waals surface area (Å²) in [4.78, 5) is 27.3. The van der Waals surface area contributed by atoms with Crippen LogP contribution in [0.15, 0.2) is 41.8 Å². The number of nitrogens with zero attached hydrogens (tertiary/aromatic N) is 1. The molecule has 1 unspecified atom stereocenters. The first-order chi connectivity index (χ1) is 14.7. The smallest absolute Gasteiger partial charge is 0.387 e. The SMILES string of the molecule is NC1CCC(NC(=O)C(c2cccs2)N(C(=O)CO)c2cccc(C(F)(F)F)c2)CC1. The van der Waals surface area contributed by atoms with Gasteiger partial charge in [-0.3, -0.25) is 14.5 Å². The molecule has 1 aromatic carbocycles. The average molecular weight is 456 g/mol. The zero-order valence-corrected chi connectivity index (χ0v) is 17.5. The summed E-state index contributed by atoms with van der Waals surface area (Å²) in [5.74, 6) is -1.39. The van der Waals surface area contributed by atoms with E-state index in [1.54, 1.807) is 17.5 Å². The molecule has 0 bridgehead atoms. The molecule has 0 saturated heterocycles.